The monoisotopic (exact) mass is 292 g/mol. The van der Waals surface area contributed by atoms with Gasteiger partial charge in [-0.2, -0.15) is 0 Å². The molecule has 1 unspecified atom stereocenters. The van der Waals surface area contributed by atoms with Crippen molar-refractivity contribution < 1.29 is 23.8 Å². The minimum atomic E-state index is -0.838. The Morgan fingerprint density at radius 2 is 1.86 bits per heavy atom. The van der Waals surface area contributed by atoms with E-state index < -0.39 is 24.3 Å². The molecule has 0 aliphatic carbocycles. The summed E-state index contributed by atoms with van der Waals surface area (Å²) in [5, 5.41) is 0. The van der Waals surface area contributed by atoms with Gasteiger partial charge in [-0.15, -0.1) is 0 Å². The third-order valence-electron chi connectivity index (χ3n) is 3.62. The lowest BCUT2D eigenvalue weighted by molar-refractivity contribution is -0.186. The molecule has 1 aliphatic heterocycles. The second-order valence-corrected chi connectivity index (χ2v) is 5.16. The fourth-order valence-electron chi connectivity index (χ4n) is 2.49. The van der Waals surface area contributed by atoms with Crippen LogP contribution in [0, 0.1) is 5.92 Å². The highest BCUT2D eigenvalue weighted by atomic mass is 16.7. The van der Waals surface area contributed by atoms with Crippen molar-refractivity contribution in [3.8, 4) is 0 Å². The van der Waals surface area contributed by atoms with Gasteiger partial charge < -0.3 is 14.2 Å². The summed E-state index contributed by atoms with van der Waals surface area (Å²) in [5.41, 5.74) is 0.464. The number of hydrogen-bond donors (Lipinski definition) is 0. The second kappa shape index (κ2) is 6.72. The van der Waals surface area contributed by atoms with E-state index in [2.05, 4.69) is 0 Å². The van der Waals surface area contributed by atoms with Crippen LogP contribution in [0.1, 0.15) is 37.6 Å². The molecule has 0 aromatic heterocycles. The molecule has 0 N–H and O–H groups in total. The molecule has 0 saturated carbocycles. The van der Waals surface area contributed by atoms with E-state index in [-0.39, 0.29) is 12.0 Å². The highest BCUT2D eigenvalue weighted by Crippen LogP contribution is 2.32. The number of carbonyl (C=O) groups excluding carboxylic acids is 2. The van der Waals surface area contributed by atoms with Crippen LogP contribution in [0.25, 0.3) is 0 Å². The topological polar surface area (TPSA) is 61.8 Å². The van der Waals surface area contributed by atoms with Crippen LogP contribution in [-0.2, 0) is 19.0 Å². The molecule has 1 fully saturated rings. The van der Waals surface area contributed by atoms with Crippen LogP contribution in [0.2, 0.25) is 0 Å². The molecule has 1 aromatic carbocycles. The maximum absolute atomic E-state index is 12.2. The Hall–Kier alpha value is -1.88. The molecular weight excluding hydrogens is 272 g/mol. The van der Waals surface area contributed by atoms with Crippen molar-refractivity contribution in [2.45, 2.75) is 45.7 Å². The summed E-state index contributed by atoms with van der Waals surface area (Å²) < 4.78 is 16.3. The van der Waals surface area contributed by atoms with Crippen molar-refractivity contribution in [3.63, 3.8) is 0 Å². The van der Waals surface area contributed by atoms with Crippen molar-refractivity contribution in [1.29, 1.82) is 0 Å². The number of hydrogen-bond acceptors (Lipinski definition) is 5. The zero-order valence-corrected chi connectivity index (χ0v) is 12.4. The number of carbonyl (C=O) groups is 2. The van der Waals surface area contributed by atoms with Crippen LogP contribution in [0.5, 0.6) is 0 Å². The van der Waals surface area contributed by atoms with Gasteiger partial charge in [0, 0.05) is 12.8 Å². The fraction of sp³-hybridized carbons (Fsp3) is 0.500. The lowest BCUT2D eigenvalue weighted by Crippen LogP contribution is -2.34. The van der Waals surface area contributed by atoms with Crippen molar-refractivity contribution in [3.05, 3.63) is 35.9 Å². The third kappa shape index (κ3) is 3.61. The molecule has 114 valence electrons. The van der Waals surface area contributed by atoms with Gasteiger partial charge in [-0.25, -0.2) is 4.79 Å². The van der Waals surface area contributed by atoms with Gasteiger partial charge >= 0.3 is 11.9 Å². The van der Waals surface area contributed by atoms with Crippen molar-refractivity contribution >= 4 is 11.9 Å². The summed E-state index contributed by atoms with van der Waals surface area (Å²) in [4.78, 5) is 23.3. The van der Waals surface area contributed by atoms with Crippen LogP contribution in [-0.4, -0.2) is 30.4 Å². The zero-order chi connectivity index (χ0) is 15.4. The van der Waals surface area contributed by atoms with Gasteiger partial charge in [-0.1, -0.05) is 32.0 Å². The maximum Gasteiger partial charge on any atom is 0.338 e. The molecule has 0 amide bonds. The molecule has 0 bridgehead atoms. The van der Waals surface area contributed by atoms with Crippen LogP contribution < -0.4 is 0 Å². The molecule has 21 heavy (non-hydrogen) atoms. The fourth-order valence-corrected chi connectivity index (χ4v) is 2.49. The highest BCUT2D eigenvalue weighted by Gasteiger charge is 2.45. The Kier molecular flexibility index (Phi) is 4.96. The van der Waals surface area contributed by atoms with Gasteiger partial charge in [0.2, 0.25) is 6.29 Å². The van der Waals surface area contributed by atoms with Crippen molar-refractivity contribution in [2.24, 2.45) is 5.92 Å². The van der Waals surface area contributed by atoms with E-state index in [4.69, 9.17) is 14.2 Å². The molecule has 4 atom stereocenters. The van der Waals surface area contributed by atoms with Gasteiger partial charge in [-0.05, 0) is 18.6 Å². The molecule has 1 aliphatic rings. The quantitative estimate of drug-likeness (QED) is 0.798. The number of benzene rings is 1. The lowest BCUT2D eigenvalue weighted by atomic mass is 9.99. The van der Waals surface area contributed by atoms with Crippen molar-refractivity contribution in [1.82, 2.24) is 0 Å². The summed E-state index contributed by atoms with van der Waals surface area (Å²) in [6.45, 7) is 5.22. The summed E-state index contributed by atoms with van der Waals surface area (Å²) >= 11 is 0. The van der Waals surface area contributed by atoms with Crippen LogP contribution in [0.15, 0.2) is 30.3 Å². The van der Waals surface area contributed by atoms with Crippen LogP contribution >= 0.6 is 0 Å². The van der Waals surface area contributed by atoms with Gasteiger partial charge in [0.1, 0.15) is 0 Å². The van der Waals surface area contributed by atoms with E-state index in [1.165, 1.54) is 6.92 Å². The van der Waals surface area contributed by atoms with Crippen LogP contribution in [0.4, 0.5) is 0 Å². The van der Waals surface area contributed by atoms with Gasteiger partial charge in [0.05, 0.1) is 11.7 Å². The van der Waals surface area contributed by atoms with E-state index in [9.17, 15) is 9.59 Å². The lowest BCUT2D eigenvalue weighted by Gasteiger charge is -2.21. The van der Waals surface area contributed by atoms with E-state index in [0.29, 0.717) is 5.56 Å². The smallest absolute Gasteiger partial charge is 0.338 e. The highest BCUT2D eigenvalue weighted by molar-refractivity contribution is 5.89. The first-order valence-electron chi connectivity index (χ1n) is 7.11. The standard InChI is InChI=1S/C16H20O5/c1-4-13-10(2)14(16(20-13)19-11(3)17)21-15(18)12-8-6-5-7-9-12/h5-10,13-14,16H,4H2,1-3H3/t10-,13-,14?,16-/m1/s1. The van der Waals surface area contributed by atoms with Crippen LogP contribution in [0.3, 0.4) is 0 Å². The zero-order valence-electron chi connectivity index (χ0n) is 12.4. The summed E-state index contributed by atoms with van der Waals surface area (Å²) in [6.07, 6.45) is -0.761. The molecule has 0 radical (unpaired) electrons. The molecule has 5 nitrogen and oxygen atoms in total. The third-order valence-corrected chi connectivity index (χ3v) is 3.62. The minimum absolute atomic E-state index is 0.0352. The molecule has 1 heterocycles. The summed E-state index contributed by atoms with van der Waals surface area (Å²) in [5.74, 6) is -0.929. The predicted molar refractivity (Wildman–Crippen MR) is 75.5 cm³/mol. The molecule has 5 heteroatoms. The van der Waals surface area contributed by atoms with Gasteiger partial charge in [-0.3, -0.25) is 4.79 Å². The maximum atomic E-state index is 12.2. The summed E-state index contributed by atoms with van der Waals surface area (Å²) in [6, 6.07) is 8.72. The molecule has 1 aromatic rings. The number of rotatable bonds is 4. The van der Waals surface area contributed by atoms with E-state index in [1.807, 2.05) is 19.9 Å². The summed E-state index contributed by atoms with van der Waals surface area (Å²) in [7, 11) is 0. The Labute approximate surface area is 124 Å². The minimum Gasteiger partial charge on any atom is -0.452 e. The SMILES string of the molecule is CC[C@H]1O[C@@H](OC(C)=O)C(OC(=O)c2ccccc2)[C@@H]1C. The second-order valence-electron chi connectivity index (χ2n) is 5.16. The molecular formula is C16H20O5. The van der Waals surface area contributed by atoms with Gasteiger partial charge in [0.15, 0.2) is 6.10 Å². The number of ether oxygens (including phenoxy) is 3. The van der Waals surface area contributed by atoms with Crippen molar-refractivity contribution in [2.75, 3.05) is 0 Å². The number of esters is 2. The Balaban J connectivity index is 2.11. The normalized spacial score (nSPS) is 28.1. The first kappa shape index (κ1) is 15.5. The molecule has 1 saturated heterocycles. The predicted octanol–water partition coefficient (Wildman–Crippen LogP) is 2.55. The van der Waals surface area contributed by atoms with E-state index in [1.54, 1.807) is 24.3 Å². The first-order valence-corrected chi connectivity index (χ1v) is 7.11. The molecule has 0 spiro atoms. The van der Waals surface area contributed by atoms with E-state index >= 15 is 0 Å². The van der Waals surface area contributed by atoms with E-state index in [0.717, 1.165) is 6.42 Å². The average molecular weight is 292 g/mol. The van der Waals surface area contributed by atoms with Gasteiger partial charge in [0.25, 0.3) is 0 Å². The first-order chi connectivity index (χ1) is 10.0. The molecule has 2 rings (SSSR count). The Bertz CT molecular complexity index is 499. The average Bonchev–Trinajstić information content (AvgIpc) is 2.76. The Morgan fingerprint density at radius 1 is 1.19 bits per heavy atom. The largest absolute Gasteiger partial charge is 0.452 e. The Morgan fingerprint density at radius 3 is 2.43 bits per heavy atom.